The van der Waals surface area contributed by atoms with Crippen molar-refractivity contribution in [2.24, 2.45) is 5.92 Å². The van der Waals surface area contributed by atoms with Crippen molar-refractivity contribution in [3.05, 3.63) is 41.5 Å². The predicted octanol–water partition coefficient (Wildman–Crippen LogP) is 5.85. The van der Waals surface area contributed by atoms with E-state index in [1.807, 2.05) is 0 Å². The van der Waals surface area contributed by atoms with Crippen molar-refractivity contribution in [1.29, 1.82) is 0 Å². The molecule has 0 saturated heterocycles. The van der Waals surface area contributed by atoms with Gasteiger partial charge in [0, 0.05) is 0 Å². The van der Waals surface area contributed by atoms with Gasteiger partial charge in [0.25, 0.3) is 10.1 Å². The van der Waals surface area contributed by atoms with Crippen molar-refractivity contribution in [1.82, 2.24) is 0 Å². The van der Waals surface area contributed by atoms with Crippen LogP contribution in [0.5, 0.6) is 5.75 Å². The van der Waals surface area contributed by atoms with Crippen LogP contribution in [0.1, 0.15) is 56.8 Å². The summed E-state index contributed by atoms with van der Waals surface area (Å²) in [5, 5.41) is 0.373. The molecule has 0 aliphatic heterocycles. The summed E-state index contributed by atoms with van der Waals surface area (Å²) in [6.45, 7) is 3.67. The van der Waals surface area contributed by atoms with Gasteiger partial charge in [0.15, 0.2) is 0 Å². The van der Waals surface area contributed by atoms with Crippen molar-refractivity contribution < 1.29 is 30.5 Å². The van der Waals surface area contributed by atoms with E-state index in [2.05, 4.69) is 6.92 Å². The summed E-state index contributed by atoms with van der Waals surface area (Å²) in [7, 11) is -3.68. The molecule has 1 saturated carbocycles. The van der Waals surface area contributed by atoms with Gasteiger partial charge in [-0.1, -0.05) is 25.1 Å². The van der Waals surface area contributed by atoms with Crippen LogP contribution >= 0.6 is 0 Å². The number of ether oxygens (including phenoxy) is 1. The lowest BCUT2D eigenvalue weighted by atomic mass is 9.89. The minimum absolute atomic E-state index is 0.0227. The molecular formula is C21H25F3O4S. The molecule has 2 aromatic carbocycles. The van der Waals surface area contributed by atoms with Crippen LogP contribution < -0.4 is 4.74 Å². The fraction of sp³-hybridized carbons (Fsp3) is 0.524. The van der Waals surface area contributed by atoms with Gasteiger partial charge in [-0.15, -0.1) is 0 Å². The van der Waals surface area contributed by atoms with E-state index >= 15 is 0 Å². The lowest BCUT2D eigenvalue weighted by molar-refractivity contribution is -0.138. The molecule has 1 fully saturated rings. The summed E-state index contributed by atoms with van der Waals surface area (Å²) >= 11 is 0. The van der Waals surface area contributed by atoms with Crippen LogP contribution in [-0.4, -0.2) is 20.8 Å². The van der Waals surface area contributed by atoms with Crippen LogP contribution in [0.15, 0.2) is 30.3 Å². The third-order valence-corrected chi connectivity index (χ3v) is 5.97. The largest absolute Gasteiger partial charge is 0.490 e. The Morgan fingerprint density at radius 2 is 1.72 bits per heavy atom. The summed E-state index contributed by atoms with van der Waals surface area (Å²) in [6, 6.07) is 7.26. The maximum absolute atomic E-state index is 13.9. The Morgan fingerprint density at radius 3 is 2.31 bits per heavy atom. The number of hydrogen-bond donors (Lipinski definition) is 0. The molecule has 1 aliphatic rings. The van der Waals surface area contributed by atoms with Gasteiger partial charge in [0.05, 0.1) is 18.5 Å². The summed E-state index contributed by atoms with van der Waals surface area (Å²) in [4.78, 5) is 0. The second-order valence-electron chi connectivity index (χ2n) is 7.86. The average Bonchev–Trinajstić information content (AvgIpc) is 2.60. The first kappa shape index (κ1) is 21.9. The van der Waals surface area contributed by atoms with Gasteiger partial charge < -0.3 is 4.74 Å². The molecule has 1 atom stereocenters. The second-order valence-corrected chi connectivity index (χ2v) is 9.46. The molecule has 3 rings (SSSR count). The van der Waals surface area contributed by atoms with E-state index < -0.39 is 28.0 Å². The van der Waals surface area contributed by atoms with E-state index in [0.717, 1.165) is 31.9 Å². The third kappa shape index (κ3) is 5.42. The Balaban J connectivity index is 1.98. The SMILES string of the molecule is CC(OS(C)(=O)=O)c1ccc2c(C(F)(F)F)c(O[C@H]3CC[C@@H](C)CC3)ccc2c1. The molecule has 0 spiro atoms. The van der Waals surface area contributed by atoms with Gasteiger partial charge in [0.1, 0.15) is 11.3 Å². The fourth-order valence-electron chi connectivity index (χ4n) is 3.82. The Hall–Kier alpha value is -1.80. The normalized spacial score (nSPS) is 21.9. The first-order valence-electron chi connectivity index (χ1n) is 9.63. The quantitative estimate of drug-likeness (QED) is 0.558. The Bertz CT molecular complexity index is 977. The van der Waals surface area contributed by atoms with E-state index in [1.54, 1.807) is 6.07 Å². The van der Waals surface area contributed by atoms with E-state index in [1.165, 1.54) is 31.2 Å². The van der Waals surface area contributed by atoms with Crippen LogP contribution in [0.3, 0.4) is 0 Å². The number of benzene rings is 2. The minimum Gasteiger partial charge on any atom is -0.490 e. The fourth-order valence-corrected chi connectivity index (χ4v) is 4.45. The molecule has 0 N–H and O–H groups in total. The molecule has 2 aromatic rings. The zero-order chi connectivity index (χ0) is 21.4. The third-order valence-electron chi connectivity index (χ3n) is 5.33. The average molecular weight is 430 g/mol. The minimum atomic E-state index is -4.58. The van der Waals surface area contributed by atoms with Crippen molar-refractivity contribution >= 4 is 20.9 Å². The molecule has 8 heteroatoms. The lowest BCUT2D eigenvalue weighted by Gasteiger charge is -2.28. The standard InChI is InChI=1S/C21H25F3O4S/c1-13-4-8-17(9-5-13)27-19-11-7-16-12-15(14(2)28-29(3,25)26)6-10-18(16)20(19)21(22,23)24/h6-7,10-14,17H,4-5,8-9H2,1-3H3/t13-,14?,17+. The van der Waals surface area contributed by atoms with Crippen LogP contribution in [-0.2, 0) is 20.5 Å². The van der Waals surface area contributed by atoms with Crippen LogP contribution in [0.4, 0.5) is 13.2 Å². The second kappa shape index (κ2) is 8.14. The number of fused-ring (bicyclic) bond motifs is 1. The number of hydrogen-bond acceptors (Lipinski definition) is 4. The van der Waals surface area contributed by atoms with E-state index in [4.69, 9.17) is 8.92 Å². The Morgan fingerprint density at radius 1 is 1.07 bits per heavy atom. The molecular weight excluding hydrogens is 405 g/mol. The highest BCUT2D eigenvalue weighted by Crippen LogP contribution is 2.43. The molecule has 160 valence electrons. The maximum Gasteiger partial charge on any atom is 0.420 e. The van der Waals surface area contributed by atoms with Gasteiger partial charge in [0.2, 0.25) is 0 Å². The molecule has 4 nitrogen and oxygen atoms in total. The maximum atomic E-state index is 13.9. The highest BCUT2D eigenvalue weighted by atomic mass is 32.2. The van der Waals surface area contributed by atoms with Crippen molar-refractivity contribution in [2.45, 2.75) is 57.9 Å². The number of alkyl halides is 3. The highest BCUT2D eigenvalue weighted by molar-refractivity contribution is 7.86. The van der Waals surface area contributed by atoms with Crippen molar-refractivity contribution in [2.75, 3.05) is 6.26 Å². The summed E-state index contributed by atoms with van der Waals surface area (Å²) in [6.07, 6.45) is -1.28. The Labute approximate surface area is 169 Å². The summed E-state index contributed by atoms with van der Waals surface area (Å²) in [5.74, 6) is 0.417. The zero-order valence-electron chi connectivity index (χ0n) is 16.6. The van der Waals surface area contributed by atoms with Gasteiger partial charge in [-0.25, -0.2) is 0 Å². The monoisotopic (exact) mass is 430 g/mol. The summed E-state index contributed by atoms with van der Waals surface area (Å²) in [5.41, 5.74) is -0.317. The lowest BCUT2D eigenvalue weighted by Crippen LogP contribution is -2.24. The first-order valence-corrected chi connectivity index (χ1v) is 11.4. The molecule has 1 unspecified atom stereocenters. The zero-order valence-corrected chi connectivity index (χ0v) is 17.4. The van der Waals surface area contributed by atoms with Crippen molar-refractivity contribution in [3.8, 4) is 5.75 Å². The van der Waals surface area contributed by atoms with Crippen LogP contribution in [0.2, 0.25) is 0 Å². The van der Waals surface area contributed by atoms with E-state index in [0.29, 0.717) is 16.9 Å². The van der Waals surface area contributed by atoms with E-state index in [9.17, 15) is 21.6 Å². The van der Waals surface area contributed by atoms with Crippen LogP contribution in [0.25, 0.3) is 10.8 Å². The predicted molar refractivity (Wildman–Crippen MR) is 105 cm³/mol. The smallest absolute Gasteiger partial charge is 0.420 e. The summed E-state index contributed by atoms with van der Waals surface area (Å²) < 4.78 is 75.1. The molecule has 0 amide bonds. The van der Waals surface area contributed by atoms with Gasteiger partial charge >= 0.3 is 6.18 Å². The molecule has 0 radical (unpaired) electrons. The van der Waals surface area contributed by atoms with E-state index in [-0.39, 0.29) is 17.2 Å². The molecule has 0 heterocycles. The molecule has 1 aliphatic carbocycles. The topological polar surface area (TPSA) is 52.6 Å². The van der Waals surface area contributed by atoms with Crippen molar-refractivity contribution in [3.63, 3.8) is 0 Å². The van der Waals surface area contributed by atoms with Crippen LogP contribution in [0, 0.1) is 5.92 Å². The number of halogens is 3. The molecule has 0 aromatic heterocycles. The molecule has 29 heavy (non-hydrogen) atoms. The highest BCUT2D eigenvalue weighted by Gasteiger charge is 2.37. The Kier molecular flexibility index (Phi) is 6.15. The molecule has 0 bridgehead atoms. The number of rotatable bonds is 5. The van der Waals surface area contributed by atoms with Gasteiger partial charge in [-0.05, 0) is 67.0 Å². The first-order chi connectivity index (χ1) is 13.4. The van der Waals surface area contributed by atoms with Gasteiger partial charge in [-0.2, -0.15) is 21.6 Å². The van der Waals surface area contributed by atoms with Gasteiger partial charge in [-0.3, -0.25) is 4.18 Å².